The molecule has 0 aliphatic carbocycles. The van der Waals surface area contributed by atoms with Crippen LogP contribution in [0.25, 0.3) is 11.3 Å². The third-order valence-corrected chi connectivity index (χ3v) is 2.59. The van der Waals surface area contributed by atoms with E-state index in [2.05, 4.69) is 28.3 Å². The molecule has 2 aromatic rings. The third-order valence-electron chi connectivity index (χ3n) is 2.59. The monoisotopic (exact) mass is 240 g/mol. The molecule has 92 valence electrons. The maximum Gasteiger partial charge on any atom is 0.106 e. The molecule has 0 N–H and O–H groups in total. The average molecular weight is 240 g/mol. The smallest absolute Gasteiger partial charge is 0.106 e. The normalized spacial score (nSPS) is 11.3. The topological polar surface area (TPSA) is 34.5 Å². The van der Waals surface area contributed by atoms with E-state index < -0.39 is 0 Å². The first-order valence-electron chi connectivity index (χ1n) is 5.86. The lowest BCUT2D eigenvalue weighted by Crippen LogP contribution is -1.98. The SMILES string of the molecule is CO/N=C(\C)Cc1cccc(-c2ccccn2)c1. The molecule has 1 aromatic heterocycles. The molecule has 0 amide bonds. The minimum atomic E-state index is 0.786. The summed E-state index contributed by atoms with van der Waals surface area (Å²) >= 11 is 0. The Labute approximate surface area is 107 Å². The van der Waals surface area contributed by atoms with Crippen molar-refractivity contribution in [2.24, 2.45) is 5.16 Å². The van der Waals surface area contributed by atoms with Crippen molar-refractivity contribution in [3.63, 3.8) is 0 Å². The van der Waals surface area contributed by atoms with Gasteiger partial charge in [0.15, 0.2) is 0 Å². The van der Waals surface area contributed by atoms with Crippen LogP contribution in [0, 0.1) is 0 Å². The summed E-state index contributed by atoms with van der Waals surface area (Å²) in [5.74, 6) is 0. The Morgan fingerprint density at radius 3 is 2.83 bits per heavy atom. The molecule has 18 heavy (non-hydrogen) atoms. The van der Waals surface area contributed by atoms with Gasteiger partial charge >= 0.3 is 0 Å². The fourth-order valence-corrected chi connectivity index (χ4v) is 1.86. The highest BCUT2D eigenvalue weighted by Crippen LogP contribution is 2.18. The van der Waals surface area contributed by atoms with E-state index in [4.69, 9.17) is 4.84 Å². The molecule has 2 rings (SSSR count). The van der Waals surface area contributed by atoms with Crippen molar-refractivity contribution in [2.75, 3.05) is 7.11 Å². The van der Waals surface area contributed by atoms with E-state index in [0.29, 0.717) is 0 Å². The predicted octanol–water partition coefficient (Wildman–Crippen LogP) is 3.31. The van der Waals surface area contributed by atoms with Crippen molar-refractivity contribution in [3.05, 3.63) is 54.2 Å². The molecule has 0 fully saturated rings. The molecule has 1 heterocycles. The summed E-state index contributed by atoms with van der Waals surface area (Å²) in [7, 11) is 1.56. The van der Waals surface area contributed by atoms with Crippen LogP contribution in [0.3, 0.4) is 0 Å². The summed E-state index contributed by atoms with van der Waals surface area (Å²) in [6.07, 6.45) is 2.59. The van der Waals surface area contributed by atoms with Crippen LogP contribution in [0.1, 0.15) is 12.5 Å². The largest absolute Gasteiger partial charge is 0.399 e. The van der Waals surface area contributed by atoms with Crippen molar-refractivity contribution in [1.29, 1.82) is 0 Å². The number of hydrogen-bond donors (Lipinski definition) is 0. The van der Waals surface area contributed by atoms with Gasteiger partial charge in [0.2, 0.25) is 0 Å². The zero-order chi connectivity index (χ0) is 12.8. The summed E-state index contributed by atoms with van der Waals surface area (Å²) in [6, 6.07) is 14.2. The molecule has 0 unspecified atom stereocenters. The number of rotatable bonds is 4. The van der Waals surface area contributed by atoms with Gasteiger partial charge in [-0.3, -0.25) is 4.98 Å². The summed E-state index contributed by atoms with van der Waals surface area (Å²) in [5.41, 5.74) is 4.27. The van der Waals surface area contributed by atoms with E-state index in [9.17, 15) is 0 Å². The van der Waals surface area contributed by atoms with E-state index in [1.54, 1.807) is 13.3 Å². The molecule has 1 aromatic carbocycles. The lowest BCUT2D eigenvalue weighted by molar-refractivity contribution is 0.212. The van der Waals surface area contributed by atoms with Crippen LogP contribution in [0.2, 0.25) is 0 Å². The molecular formula is C15H16N2O. The highest BCUT2D eigenvalue weighted by Gasteiger charge is 2.01. The number of pyridine rings is 1. The minimum Gasteiger partial charge on any atom is -0.399 e. The second kappa shape index (κ2) is 5.96. The Hall–Kier alpha value is -2.16. The number of aromatic nitrogens is 1. The van der Waals surface area contributed by atoms with Crippen LogP contribution in [-0.2, 0) is 11.3 Å². The molecule has 3 nitrogen and oxygen atoms in total. The van der Waals surface area contributed by atoms with Crippen LogP contribution >= 0.6 is 0 Å². The molecule has 0 radical (unpaired) electrons. The predicted molar refractivity (Wildman–Crippen MR) is 73.5 cm³/mol. The van der Waals surface area contributed by atoms with E-state index in [0.717, 1.165) is 23.4 Å². The van der Waals surface area contributed by atoms with Crippen molar-refractivity contribution >= 4 is 5.71 Å². The maximum absolute atomic E-state index is 4.77. The highest BCUT2D eigenvalue weighted by atomic mass is 16.6. The molecule has 0 bridgehead atoms. The Balaban J connectivity index is 2.23. The Morgan fingerprint density at radius 1 is 1.22 bits per heavy atom. The first-order valence-corrected chi connectivity index (χ1v) is 5.86. The first kappa shape index (κ1) is 12.3. The minimum absolute atomic E-state index is 0.786. The van der Waals surface area contributed by atoms with Gasteiger partial charge in [0.25, 0.3) is 0 Å². The number of hydrogen-bond acceptors (Lipinski definition) is 3. The Bertz CT molecular complexity index is 535. The van der Waals surface area contributed by atoms with Crippen LogP contribution in [0.5, 0.6) is 0 Å². The number of oxime groups is 1. The van der Waals surface area contributed by atoms with Crippen molar-refractivity contribution in [2.45, 2.75) is 13.3 Å². The molecule has 0 aliphatic rings. The van der Waals surface area contributed by atoms with Gasteiger partial charge in [-0.25, -0.2) is 0 Å². The molecule has 3 heteroatoms. The van der Waals surface area contributed by atoms with Gasteiger partial charge in [-0.2, -0.15) is 0 Å². The van der Waals surface area contributed by atoms with Gasteiger partial charge in [0, 0.05) is 18.2 Å². The van der Waals surface area contributed by atoms with Crippen LogP contribution in [-0.4, -0.2) is 17.8 Å². The van der Waals surface area contributed by atoms with Crippen LogP contribution < -0.4 is 0 Å². The van der Waals surface area contributed by atoms with Crippen molar-refractivity contribution < 1.29 is 4.84 Å². The van der Waals surface area contributed by atoms with Crippen molar-refractivity contribution in [1.82, 2.24) is 4.98 Å². The summed E-state index contributed by atoms with van der Waals surface area (Å²) in [4.78, 5) is 9.12. The lowest BCUT2D eigenvalue weighted by atomic mass is 10.0. The van der Waals surface area contributed by atoms with Gasteiger partial charge in [0.1, 0.15) is 7.11 Å². The zero-order valence-electron chi connectivity index (χ0n) is 10.6. The summed E-state index contributed by atoms with van der Waals surface area (Å²) in [6.45, 7) is 1.96. The van der Waals surface area contributed by atoms with Crippen LogP contribution in [0.4, 0.5) is 0 Å². The second-order valence-corrected chi connectivity index (χ2v) is 4.10. The Morgan fingerprint density at radius 2 is 2.11 bits per heavy atom. The summed E-state index contributed by atoms with van der Waals surface area (Å²) < 4.78 is 0. The summed E-state index contributed by atoms with van der Waals surface area (Å²) in [5, 5.41) is 3.92. The molecule has 0 saturated heterocycles. The average Bonchev–Trinajstić information content (AvgIpc) is 2.40. The fraction of sp³-hybridized carbons (Fsp3) is 0.200. The maximum atomic E-state index is 4.77. The van der Waals surface area contributed by atoms with Crippen molar-refractivity contribution in [3.8, 4) is 11.3 Å². The second-order valence-electron chi connectivity index (χ2n) is 4.10. The van der Waals surface area contributed by atoms with Crippen LogP contribution in [0.15, 0.2) is 53.8 Å². The van der Waals surface area contributed by atoms with Gasteiger partial charge < -0.3 is 4.84 Å². The number of nitrogens with zero attached hydrogens (tertiary/aromatic N) is 2. The van der Waals surface area contributed by atoms with E-state index in [1.807, 2.05) is 31.2 Å². The van der Waals surface area contributed by atoms with Gasteiger partial charge in [0.05, 0.1) is 11.4 Å². The molecule has 0 atom stereocenters. The van der Waals surface area contributed by atoms with E-state index in [1.165, 1.54) is 5.56 Å². The first-order chi connectivity index (χ1) is 8.79. The zero-order valence-corrected chi connectivity index (χ0v) is 10.6. The third kappa shape index (κ3) is 3.17. The van der Waals surface area contributed by atoms with E-state index >= 15 is 0 Å². The van der Waals surface area contributed by atoms with Gasteiger partial charge in [-0.15, -0.1) is 0 Å². The quantitative estimate of drug-likeness (QED) is 0.607. The molecule has 0 saturated carbocycles. The van der Waals surface area contributed by atoms with E-state index in [-0.39, 0.29) is 0 Å². The molecule has 0 spiro atoms. The van der Waals surface area contributed by atoms with Gasteiger partial charge in [-0.05, 0) is 30.7 Å². The number of benzene rings is 1. The lowest BCUT2D eigenvalue weighted by Gasteiger charge is -2.04. The highest BCUT2D eigenvalue weighted by molar-refractivity contribution is 5.84. The Kier molecular flexibility index (Phi) is 4.07. The standard InChI is InChI=1S/C15H16N2O/c1-12(17-18-2)10-13-6-5-7-14(11-13)15-8-3-4-9-16-15/h3-9,11H,10H2,1-2H3/b17-12+. The molecule has 0 aliphatic heterocycles. The fourth-order valence-electron chi connectivity index (χ4n) is 1.86. The van der Waals surface area contributed by atoms with Gasteiger partial charge in [-0.1, -0.05) is 29.4 Å². The molecular weight excluding hydrogens is 224 g/mol.